The van der Waals surface area contributed by atoms with E-state index in [0.29, 0.717) is 25.9 Å². The maximum absolute atomic E-state index is 10.6. The summed E-state index contributed by atoms with van der Waals surface area (Å²) in [4.78, 5) is 0. The van der Waals surface area contributed by atoms with E-state index in [-0.39, 0.29) is 0 Å². The fourth-order valence-electron chi connectivity index (χ4n) is 1.05. The summed E-state index contributed by atoms with van der Waals surface area (Å²) in [6.07, 6.45) is 5.52. The van der Waals surface area contributed by atoms with Crippen LogP contribution in [-0.2, 0) is 20.0 Å². The second kappa shape index (κ2) is 12.5. The molecule has 0 aliphatic heterocycles. The first-order chi connectivity index (χ1) is 9.12. The lowest BCUT2D eigenvalue weighted by Gasteiger charge is -2.02. The number of sulfonamides is 2. The van der Waals surface area contributed by atoms with E-state index in [4.69, 9.17) is 11.5 Å². The lowest BCUT2D eigenvalue weighted by molar-refractivity contribution is 0.573. The van der Waals surface area contributed by atoms with E-state index in [1.807, 2.05) is 0 Å². The lowest BCUT2D eigenvalue weighted by atomic mass is 10.3. The quantitative estimate of drug-likeness (QED) is 0.360. The summed E-state index contributed by atoms with van der Waals surface area (Å²) in [7, 11) is -6.26. The van der Waals surface area contributed by atoms with Gasteiger partial charge in [-0.05, 0) is 38.8 Å². The monoisotopic (exact) mass is 332 g/mol. The van der Waals surface area contributed by atoms with Crippen molar-refractivity contribution in [3.8, 4) is 0 Å². The topological polar surface area (TPSA) is 144 Å². The highest BCUT2D eigenvalue weighted by atomic mass is 32.2. The Morgan fingerprint density at radius 1 is 0.700 bits per heavy atom. The standard InChI is InChI=1S/C6H16N2O4S2.C4H12N2/c1-13(9,10)7-5-3-4-6-8-14(2,11)12;5-3-1-2-4-6/h7-8H,3-6H2,1-2H3;1-6H2. The molecule has 0 aromatic heterocycles. The Morgan fingerprint density at radius 2 is 1.00 bits per heavy atom. The average Bonchev–Trinajstić information content (AvgIpc) is 2.29. The first-order valence-corrected chi connectivity index (χ1v) is 10.2. The Hall–Kier alpha value is -0.260. The fourth-order valence-corrected chi connectivity index (χ4v) is 2.08. The van der Waals surface area contributed by atoms with Crippen molar-refractivity contribution in [1.82, 2.24) is 9.44 Å². The highest BCUT2D eigenvalue weighted by Crippen LogP contribution is 1.87. The van der Waals surface area contributed by atoms with Crippen molar-refractivity contribution in [3.63, 3.8) is 0 Å². The van der Waals surface area contributed by atoms with Crippen molar-refractivity contribution in [1.29, 1.82) is 0 Å². The molecule has 6 N–H and O–H groups in total. The molecule has 0 aliphatic carbocycles. The molecule has 10 heteroatoms. The zero-order valence-electron chi connectivity index (χ0n) is 12.3. The summed E-state index contributed by atoms with van der Waals surface area (Å²) < 4.78 is 47.0. The maximum Gasteiger partial charge on any atom is 0.208 e. The first-order valence-electron chi connectivity index (χ1n) is 6.42. The molecule has 0 aromatic carbocycles. The largest absolute Gasteiger partial charge is 0.330 e. The van der Waals surface area contributed by atoms with Gasteiger partial charge >= 0.3 is 0 Å². The fraction of sp³-hybridized carbons (Fsp3) is 1.00. The molecule has 0 heterocycles. The molecule has 0 radical (unpaired) electrons. The molecule has 8 nitrogen and oxygen atoms in total. The number of nitrogens with one attached hydrogen (secondary N) is 2. The van der Waals surface area contributed by atoms with Crippen LogP contribution in [0.25, 0.3) is 0 Å². The van der Waals surface area contributed by atoms with Crippen molar-refractivity contribution in [2.75, 3.05) is 38.7 Å². The zero-order chi connectivity index (χ0) is 16.1. The third-order valence-corrected chi connectivity index (χ3v) is 3.45. The third kappa shape index (κ3) is 26.3. The molecule has 0 aliphatic rings. The predicted molar refractivity (Wildman–Crippen MR) is 82.3 cm³/mol. The zero-order valence-corrected chi connectivity index (χ0v) is 13.9. The van der Waals surface area contributed by atoms with Gasteiger partial charge in [-0.1, -0.05) is 0 Å². The van der Waals surface area contributed by atoms with E-state index in [9.17, 15) is 16.8 Å². The minimum Gasteiger partial charge on any atom is -0.330 e. The van der Waals surface area contributed by atoms with Crippen molar-refractivity contribution in [3.05, 3.63) is 0 Å². The van der Waals surface area contributed by atoms with Crippen LogP contribution >= 0.6 is 0 Å². The summed E-state index contributed by atoms with van der Waals surface area (Å²) in [5.41, 5.74) is 10.3. The van der Waals surface area contributed by atoms with Crippen LogP contribution in [0.5, 0.6) is 0 Å². The molecule has 0 amide bonds. The van der Waals surface area contributed by atoms with Gasteiger partial charge in [0, 0.05) is 13.1 Å². The number of rotatable bonds is 10. The van der Waals surface area contributed by atoms with Crippen LogP contribution in [-0.4, -0.2) is 55.5 Å². The molecule has 0 fully saturated rings. The van der Waals surface area contributed by atoms with Crippen molar-refractivity contribution < 1.29 is 16.8 Å². The van der Waals surface area contributed by atoms with Gasteiger partial charge in [-0.2, -0.15) is 0 Å². The highest BCUT2D eigenvalue weighted by Gasteiger charge is 2.00. The molecule has 20 heavy (non-hydrogen) atoms. The summed E-state index contributed by atoms with van der Waals surface area (Å²) in [5, 5.41) is 0. The highest BCUT2D eigenvalue weighted by molar-refractivity contribution is 7.89. The van der Waals surface area contributed by atoms with Crippen LogP contribution in [0.2, 0.25) is 0 Å². The molecule has 0 aromatic rings. The van der Waals surface area contributed by atoms with Gasteiger partial charge in [0.1, 0.15) is 0 Å². The number of hydrogen-bond acceptors (Lipinski definition) is 6. The van der Waals surface area contributed by atoms with Crippen LogP contribution in [0.3, 0.4) is 0 Å². The van der Waals surface area contributed by atoms with Gasteiger partial charge in [0.2, 0.25) is 20.0 Å². The molecular weight excluding hydrogens is 304 g/mol. The Labute approximate surface area is 122 Å². The molecule has 0 bridgehead atoms. The van der Waals surface area contributed by atoms with Crippen LogP contribution < -0.4 is 20.9 Å². The van der Waals surface area contributed by atoms with Crippen LogP contribution in [0.15, 0.2) is 0 Å². The number of nitrogens with two attached hydrogens (primary N) is 2. The van der Waals surface area contributed by atoms with E-state index in [2.05, 4.69) is 9.44 Å². The molecule has 0 atom stereocenters. The minimum atomic E-state index is -3.13. The second-order valence-electron chi connectivity index (χ2n) is 4.32. The smallest absolute Gasteiger partial charge is 0.208 e. The van der Waals surface area contributed by atoms with Crippen LogP contribution in [0.4, 0.5) is 0 Å². The Kier molecular flexibility index (Phi) is 13.7. The summed E-state index contributed by atoms with van der Waals surface area (Å²) >= 11 is 0. The SMILES string of the molecule is CS(=O)(=O)NCCCCNS(C)(=O)=O.NCCCCN. The number of hydrogen-bond donors (Lipinski definition) is 4. The maximum atomic E-state index is 10.6. The van der Waals surface area contributed by atoms with Crippen molar-refractivity contribution in [2.45, 2.75) is 25.7 Å². The molecule has 0 unspecified atom stereocenters. The first kappa shape index (κ1) is 22.0. The van der Waals surface area contributed by atoms with Gasteiger partial charge in [0.05, 0.1) is 12.5 Å². The molecule has 0 rings (SSSR count). The summed E-state index contributed by atoms with van der Waals surface area (Å²) in [5.74, 6) is 0. The molecule has 0 saturated carbocycles. The molecule has 0 saturated heterocycles. The molecule has 0 spiro atoms. The van der Waals surface area contributed by atoms with E-state index < -0.39 is 20.0 Å². The van der Waals surface area contributed by atoms with E-state index in [0.717, 1.165) is 38.4 Å². The van der Waals surface area contributed by atoms with E-state index >= 15 is 0 Å². The normalized spacial score (nSPS) is 11.8. The van der Waals surface area contributed by atoms with Crippen LogP contribution in [0, 0.1) is 0 Å². The van der Waals surface area contributed by atoms with Crippen LogP contribution in [0.1, 0.15) is 25.7 Å². The average molecular weight is 332 g/mol. The van der Waals surface area contributed by atoms with Gasteiger partial charge in [-0.3, -0.25) is 0 Å². The minimum absolute atomic E-state index is 0.338. The van der Waals surface area contributed by atoms with Crippen molar-refractivity contribution >= 4 is 20.0 Å². The Bertz CT molecular complexity index is 369. The molecule has 124 valence electrons. The van der Waals surface area contributed by atoms with Gasteiger partial charge in [-0.15, -0.1) is 0 Å². The van der Waals surface area contributed by atoms with Crippen molar-refractivity contribution in [2.24, 2.45) is 11.5 Å². The lowest BCUT2D eigenvalue weighted by Crippen LogP contribution is -2.26. The molecular formula is C10H28N4O4S2. The van der Waals surface area contributed by atoms with Gasteiger partial charge in [0.25, 0.3) is 0 Å². The predicted octanol–water partition coefficient (Wildman–Crippen LogP) is -1.45. The Morgan fingerprint density at radius 3 is 1.20 bits per heavy atom. The second-order valence-corrected chi connectivity index (χ2v) is 7.99. The van der Waals surface area contributed by atoms with Gasteiger partial charge in [0.15, 0.2) is 0 Å². The Balaban J connectivity index is 0. The summed E-state index contributed by atoms with van der Waals surface area (Å²) in [6.45, 7) is 2.23. The summed E-state index contributed by atoms with van der Waals surface area (Å²) in [6, 6.07) is 0. The number of unbranched alkanes of at least 4 members (excludes halogenated alkanes) is 2. The van der Waals surface area contributed by atoms with Gasteiger partial charge < -0.3 is 11.5 Å². The van der Waals surface area contributed by atoms with E-state index in [1.54, 1.807) is 0 Å². The van der Waals surface area contributed by atoms with Gasteiger partial charge in [-0.25, -0.2) is 26.3 Å². The third-order valence-electron chi connectivity index (χ3n) is 1.99. The van der Waals surface area contributed by atoms with E-state index in [1.165, 1.54) is 0 Å².